The molecule has 17 heavy (non-hydrogen) atoms. The van der Waals surface area contributed by atoms with E-state index in [0.717, 1.165) is 26.0 Å². The lowest BCUT2D eigenvalue weighted by atomic mass is 10.1. The van der Waals surface area contributed by atoms with E-state index in [2.05, 4.69) is 43.1 Å². The molecule has 3 nitrogen and oxygen atoms in total. The van der Waals surface area contributed by atoms with Crippen LogP contribution in [-0.2, 0) is 4.74 Å². The van der Waals surface area contributed by atoms with E-state index in [9.17, 15) is 0 Å². The van der Waals surface area contributed by atoms with Crippen LogP contribution in [0.2, 0.25) is 0 Å². The molecule has 1 atom stereocenters. The second kappa shape index (κ2) is 7.30. The highest BCUT2D eigenvalue weighted by molar-refractivity contribution is 5.47. The van der Waals surface area contributed by atoms with Crippen molar-refractivity contribution in [1.29, 1.82) is 0 Å². The summed E-state index contributed by atoms with van der Waals surface area (Å²) in [6.07, 6.45) is 2.02. The lowest BCUT2D eigenvalue weighted by molar-refractivity contribution is 0.196. The van der Waals surface area contributed by atoms with Gasteiger partial charge in [-0.15, -0.1) is 0 Å². The molecule has 0 amide bonds. The molecule has 0 aliphatic heterocycles. The minimum absolute atomic E-state index is 0.155. The van der Waals surface area contributed by atoms with Crippen molar-refractivity contribution in [1.82, 2.24) is 0 Å². The van der Waals surface area contributed by atoms with E-state index < -0.39 is 0 Å². The van der Waals surface area contributed by atoms with Gasteiger partial charge in [-0.05, 0) is 30.5 Å². The maximum atomic E-state index is 5.99. The van der Waals surface area contributed by atoms with Crippen LogP contribution in [-0.4, -0.2) is 27.3 Å². The molecule has 0 aliphatic rings. The van der Waals surface area contributed by atoms with Gasteiger partial charge in [0.05, 0.1) is 0 Å². The predicted octanol–water partition coefficient (Wildman–Crippen LogP) is 2.57. The van der Waals surface area contributed by atoms with E-state index in [1.807, 2.05) is 0 Å². The third-order valence-electron chi connectivity index (χ3n) is 3.04. The maximum Gasteiger partial charge on any atom is 0.0479 e. The van der Waals surface area contributed by atoms with Crippen molar-refractivity contribution in [3.05, 3.63) is 29.8 Å². The highest BCUT2D eigenvalue weighted by Crippen LogP contribution is 2.19. The Labute approximate surface area is 105 Å². The number of methoxy groups -OCH3 is 1. The van der Waals surface area contributed by atoms with E-state index in [4.69, 9.17) is 10.5 Å². The van der Waals surface area contributed by atoms with E-state index in [1.54, 1.807) is 7.11 Å². The lowest BCUT2D eigenvalue weighted by Gasteiger charge is -2.20. The van der Waals surface area contributed by atoms with Gasteiger partial charge in [-0.25, -0.2) is 0 Å². The summed E-state index contributed by atoms with van der Waals surface area (Å²) >= 11 is 0. The second-order valence-electron chi connectivity index (χ2n) is 4.37. The summed E-state index contributed by atoms with van der Waals surface area (Å²) in [7, 11) is 3.84. The van der Waals surface area contributed by atoms with Crippen LogP contribution in [0.1, 0.15) is 31.4 Å². The first-order chi connectivity index (χ1) is 8.19. The second-order valence-corrected chi connectivity index (χ2v) is 4.37. The Kier molecular flexibility index (Phi) is 6.01. The Morgan fingerprint density at radius 3 is 2.47 bits per heavy atom. The fraction of sp³-hybridized carbons (Fsp3) is 0.571. The van der Waals surface area contributed by atoms with Gasteiger partial charge in [0.2, 0.25) is 0 Å². The Morgan fingerprint density at radius 2 is 1.94 bits per heavy atom. The van der Waals surface area contributed by atoms with Gasteiger partial charge >= 0.3 is 0 Å². The number of nitrogens with two attached hydrogens (primary N) is 1. The molecule has 0 unspecified atom stereocenters. The molecule has 2 N–H and O–H groups in total. The minimum atomic E-state index is 0.155. The first-order valence-corrected chi connectivity index (χ1v) is 6.24. The van der Waals surface area contributed by atoms with Crippen LogP contribution >= 0.6 is 0 Å². The SMILES string of the molecule is CC[C@H](N)c1ccc(N(C)CCCOC)cc1. The van der Waals surface area contributed by atoms with Crippen molar-refractivity contribution in [3.63, 3.8) is 0 Å². The average molecular weight is 236 g/mol. The third kappa shape index (κ3) is 4.36. The van der Waals surface area contributed by atoms with Crippen LogP contribution in [0.3, 0.4) is 0 Å². The van der Waals surface area contributed by atoms with Crippen molar-refractivity contribution in [2.75, 3.05) is 32.2 Å². The molecule has 0 bridgehead atoms. The predicted molar refractivity (Wildman–Crippen MR) is 73.4 cm³/mol. The molecule has 96 valence electrons. The summed E-state index contributed by atoms with van der Waals surface area (Å²) in [6, 6.07) is 8.67. The molecule has 0 saturated heterocycles. The van der Waals surface area contributed by atoms with Gasteiger partial charge in [-0.3, -0.25) is 0 Å². The summed E-state index contributed by atoms with van der Waals surface area (Å²) in [5.74, 6) is 0. The third-order valence-corrected chi connectivity index (χ3v) is 3.04. The van der Waals surface area contributed by atoms with Gasteiger partial charge in [0, 0.05) is 39.0 Å². The number of hydrogen-bond donors (Lipinski definition) is 1. The van der Waals surface area contributed by atoms with Crippen LogP contribution in [0.5, 0.6) is 0 Å². The molecule has 0 fully saturated rings. The molecule has 3 heteroatoms. The normalized spacial score (nSPS) is 12.5. The van der Waals surface area contributed by atoms with Gasteiger partial charge in [0.1, 0.15) is 0 Å². The Balaban J connectivity index is 2.54. The topological polar surface area (TPSA) is 38.5 Å². The van der Waals surface area contributed by atoms with Gasteiger partial charge in [0.25, 0.3) is 0 Å². The number of rotatable bonds is 7. The number of hydrogen-bond acceptors (Lipinski definition) is 3. The molecule has 0 spiro atoms. The first-order valence-electron chi connectivity index (χ1n) is 6.24. The van der Waals surface area contributed by atoms with Crippen molar-refractivity contribution in [2.24, 2.45) is 5.73 Å². The minimum Gasteiger partial charge on any atom is -0.385 e. The van der Waals surface area contributed by atoms with Gasteiger partial charge in [0.15, 0.2) is 0 Å². The van der Waals surface area contributed by atoms with E-state index in [-0.39, 0.29) is 6.04 Å². The zero-order valence-corrected chi connectivity index (χ0v) is 11.1. The number of ether oxygens (including phenoxy) is 1. The average Bonchev–Trinajstić information content (AvgIpc) is 2.38. The number of nitrogens with zero attached hydrogens (tertiary/aromatic N) is 1. The van der Waals surface area contributed by atoms with Crippen LogP contribution in [0.4, 0.5) is 5.69 Å². The Hall–Kier alpha value is -1.06. The van der Waals surface area contributed by atoms with E-state index in [1.165, 1.54) is 11.3 Å². The van der Waals surface area contributed by atoms with Crippen LogP contribution in [0.25, 0.3) is 0 Å². The summed E-state index contributed by atoms with van der Waals surface area (Å²) in [5.41, 5.74) is 8.43. The quantitative estimate of drug-likeness (QED) is 0.739. The summed E-state index contributed by atoms with van der Waals surface area (Å²) < 4.78 is 5.05. The molecular formula is C14H24N2O. The van der Waals surface area contributed by atoms with Gasteiger partial charge in [-0.1, -0.05) is 19.1 Å². The largest absolute Gasteiger partial charge is 0.385 e. The molecular weight excluding hydrogens is 212 g/mol. The van der Waals surface area contributed by atoms with Crippen LogP contribution in [0, 0.1) is 0 Å². The molecule has 1 rings (SSSR count). The molecule has 1 aromatic carbocycles. The summed E-state index contributed by atoms with van der Waals surface area (Å²) in [6.45, 7) is 3.92. The fourth-order valence-corrected chi connectivity index (χ4v) is 1.79. The standard InChI is InChI=1S/C14H24N2O/c1-4-14(15)12-6-8-13(9-7-12)16(2)10-5-11-17-3/h6-9,14H,4-5,10-11,15H2,1-3H3/t14-/m0/s1. The van der Waals surface area contributed by atoms with Crippen molar-refractivity contribution in [2.45, 2.75) is 25.8 Å². The molecule has 1 aromatic rings. The molecule has 0 aliphatic carbocycles. The fourth-order valence-electron chi connectivity index (χ4n) is 1.79. The maximum absolute atomic E-state index is 5.99. The van der Waals surface area contributed by atoms with E-state index >= 15 is 0 Å². The summed E-state index contributed by atoms with van der Waals surface area (Å²) in [5, 5.41) is 0. The van der Waals surface area contributed by atoms with Crippen molar-refractivity contribution < 1.29 is 4.74 Å². The van der Waals surface area contributed by atoms with E-state index in [0.29, 0.717) is 0 Å². The highest BCUT2D eigenvalue weighted by atomic mass is 16.5. The highest BCUT2D eigenvalue weighted by Gasteiger charge is 2.04. The first kappa shape index (κ1) is 14.0. The van der Waals surface area contributed by atoms with Crippen molar-refractivity contribution >= 4 is 5.69 Å². The molecule has 0 aromatic heterocycles. The Bertz CT molecular complexity index is 311. The number of benzene rings is 1. The monoisotopic (exact) mass is 236 g/mol. The smallest absolute Gasteiger partial charge is 0.0479 e. The molecule has 0 saturated carbocycles. The van der Waals surface area contributed by atoms with Crippen LogP contribution in [0.15, 0.2) is 24.3 Å². The van der Waals surface area contributed by atoms with Gasteiger partial charge < -0.3 is 15.4 Å². The van der Waals surface area contributed by atoms with Crippen molar-refractivity contribution in [3.8, 4) is 0 Å². The molecule has 0 heterocycles. The lowest BCUT2D eigenvalue weighted by Crippen LogP contribution is -2.19. The zero-order valence-electron chi connectivity index (χ0n) is 11.1. The van der Waals surface area contributed by atoms with Crippen LogP contribution < -0.4 is 10.6 Å². The Morgan fingerprint density at radius 1 is 1.29 bits per heavy atom. The molecule has 0 radical (unpaired) electrons. The zero-order chi connectivity index (χ0) is 12.7. The van der Waals surface area contributed by atoms with Gasteiger partial charge in [-0.2, -0.15) is 0 Å². The number of anilines is 1. The summed E-state index contributed by atoms with van der Waals surface area (Å²) in [4.78, 5) is 2.24.